The summed E-state index contributed by atoms with van der Waals surface area (Å²) < 4.78 is 43.7. The van der Waals surface area contributed by atoms with Crippen LogP contribution in [0.2, 0.25) is 0 Å². The van der Waals surface area contributed by atoms with E-state index in [4.69, 9.17) is 4.74 Å². The fourth-order valence-electron chi connectivity index (χ4n) is 2.65. The van der Waals surface area contributed by atoms with Crippen molar-refractivity contribution in [3.8, 4) is 11.5 Å². The minimum atomic E-state index is -4.55. The summed E-state index contributed by atoms with van der Waals surface area (Å²) in [6.07, 6.45) is -4.55. The number of ether oxygens (including phenoxy) is 1. The molecule has 0 radical (unpaired) electrons. The fourth-order valence-corrected chi connectivity index (χ4v) is 2.65. The number of hydrogen-bond acceptors (Lipinski definition) is 3. The summed E-state index contributed by atoms with van der Waals surface area (Å²) in [6, 6.07) is 11.8. The minimum Gasteiger partial charge on any atom is -0.507 e. The fraction of sp³-hybridized carbons (Fsp3) is 0.105. The molecule has 3 aromatic carbocycles. The summed E-state index contributed by atoms with van der Waals surface area (Å²) in [5.74, 6) is 0.143. The Labute approximate surface area is 152 Å². The third-order valence-corrected chi connectivity index (χ3v) is 3.92. The number of carbonyl (C=O) groups is 1. The number of amides is 2. The second-order valence-electron chi connectivity index (χ2n) is 5.67. The van der Waals surface area contributed by atoms with E-state index in [1.54, 1.807) is 24.3 Å². The SMILES string of the molecule is COc1ccc(C(F)(F)F)cc1NC(=O)Nc1ccc(O)c2ccccc12. The molecule has 0 aliphatic heterocycles. The summed E-state index contributed by atoms with van der Waals surface area (Å²) in [5, 5.41) is 15.9. The summed E-state index contributed by atoms with van der Waals surface area (Å²) in [4.78, 5) is 12.3. The van der Waals surface area contributed by atoms with Gasteiger partial charge < -0.3 is 20.5 Å². The minimum absolute atomic E-state index is 0.0519. The van der Waals surface area contributed by atoms with Gasteiger partial charge in [-0.3, -0.25) is 0 Å². The van der Waals surface area contributed by atoms with Crippen LogP contribution in [0.25, 0.3) is 10.8 Å². The number of halogens is 3. The molecule has 8 heteroatoms. The molecule has 3 aromatic rings. The van der Waals surface area contributed by atoms with Crippen molar-refractivity contribution in [2.24, 2.45) is 0 Å². The molecule has 0 aliphatic carbocycles. The zero-order chi connectivity index (χ0) is 19.6. The highest BCUT2D eigenvalue weighted by atomic mass is 19.4. The van der Waals surface area contributed by atoms with Crippen LogP contribution in [-0.4, -0.2) is 18.2 Å². The third-order valence-electron chi connectivity index (χ3n) is 3.92. The Morgan fingerprint density at radius 1 is 0.963 bits per heavy atom. The van der Waals surface area contributed by atoms with Crippen molar-refractivity contribution in [2.75, 3.05) is 17.7 Å². The summed E-state index contributed by atoms with van der Waals surface area (Å²) in [5.41, 5.74) is -0.631. The summed E-state index contributed by atoms with van der Waals surface area (Å²) in [7, 11) is 1.29. The van der Waals surface area contributed by atoms with E-state index in [1.165, 1.54) is 19.2 Å². The maximum Gasteiger partial charge on any atom is 0.416 e. The standard InChI is InChI=1S/C19H15F3N2O3/c1-27-17-9-6-11(19(20,21)22)10-15(17)24-18(26)23-14-7-8-16(25)13-5-3-2-4-12(13)14/h2-10,25H,1H3,(H2,23,24,26). The number of anilines is 2. The monoisotopic (exact) mass is 376 g/mol. The van der Waals surface area contributed by atoms with E-state index >= 15 is 0 Å². The lowest BCUT2D eigenvalue weighted by Gasteiger charge is -2.15. The van der Waals surface area contributed by atoms with Gasteiger partial charge in [0.2, 0.25) is 0 Å². The maximum atomic E-state index is 12.9. The molecule has 0 fully saturated rings. The van der Waals surface area contributed by atoms with Gasteiger partial charge in [-0.15, -0.1) is 0 Å². The zero-order valence-corrected chi connectivity index (χ0v) is 14.1. The predicted octanol–water partition coefficient (Wildman–Crippen LogP) is 5.22. The van der Waals surface area contributed by atoms with Crippen LogP contribution in [-0.2, 0) is 6.18 Å². The van der Waals surface area contributed by atoms with Crippen molar-refractivity contribution in [1.29, 1.82) is 0 Å². The Bertz CT molecular complexity index is 1000. The number of urea groups is 1. The molecule has 3 N–H and O–H groups in total. The topological polar surface area (TPSA) is 70.6 Å². The van der Waals surface area contributed by atoms with Gasteiger partial charge in [0.15, 0.2) is 0 Å². The van der Waals surface area contributed by atoms with Gasteiger partial charge in [0.25, 0.3) is 0 Å². The molecule has 0 aliphatic rings. The predicted molar refractivity (Wildman–Crippen MR) is 96.3 cm³/mol. The highest BCUT2D eigenvalue weighted by Crippen LogP contribution is 2.35. The third kappa shape index (κ3) is 3.89. The van der Waals surface area contributed by atoms with E-state index in [0.29, 0.717) is 16.5 Å². The van der Waals surface area contributed by atoms with E-state index in [0.717, 1.165) is 18.2 Å². The first-order chi connectivity index (χ1) is 12.8. The summed E-state index contributed by atoms with van der Waals surface area (Å²) in [6.45, 7) is 0. The first-order valence-electron chi connectivity index (χ1n) is 7.83. The Hall–Kier alpha value is -3.42. The van der Waals surface area contributed by atoms with Gasteiger partial charge in [0.05, 0.1) is 24.0 Å². The smallest absolute Gasteiger partial charge is 0.416 e. The molecule has 0 saturated heterocycles. The second-order valence-corrected chi connectivity index (χ2v) is 5.67. The molecule has 5 nitrogen and oxygen atoms in total. The number of phenolic OH excluding ortho intramolecular Hbond substituents is 1. The van der Waals surface area contributed by atoms with Crippen molar-refractivity contribution in [1.82, 2.24) is 0 Å². The normalized spacial score (nSPS) is 11.3. The van der Waals surface area contributed by atoms with Crippen molar-refractivity contribution < 1.29 is 27.8 Å². The molecule has 0 atom stereocenters. The van der Waals surface area contributed by atoms with E-state index in [-0.39, 0.29) is 17.2 Å². The van der Waals surface area contributed by atoms with Crippen molar-refractivity contribution in [3.05, 3.63) is 60.2 Å². The number of alkyl halides is 3. The largest absolute Gasteiger partial charge is 0.507 e. The van der Waals surface area contributed by atoms with E-state index in [9.17, 15) is 23.1 Å². The molecule has 140 valence electrons. The van der Waals surface area contributed by atoms with E-state index in [2.05, 4.69) is 10.6 Å². The molecule has 0 heterocycles. The first-order valence-corrected chi connectivity index (χ1v) is 7.83. The van der Waals surface area contributed by atoms with Gasteiger partial charge in [-0.2, -0.15) is 13.2 Å². The molecule has 0 unspecified atom stereocenters. The Kier molecular flexibility index (Phi) is 4.81. The van der Waals surface area contributed by atoms with E-state index < -0.39 is 17.8 Å². The van der Waals surface area contributed by atoms with Crippen molar-refractivity contribution >= 4 is 28.2 Å². The lowest BCUT2D eigenvalue weighted by Crippen LogP contribution is -2.20. The Balaban J connectivity index is 1.88. The maximum absolute atomic E-state index is 12.9. The number of benzene rings is 3. The number of nitrogens with one attached hydrogen (secondary N) is 2. The Morgan fingerprint density at radius 2 is 1.63 bits per heavy atom. The second kappa shape index (κ2) is 7.06. The van der Waals surface area contributed by atoms with Gasteiger partial charge in [-0.05, 0) is 30.3 Å². The number of hydrogen-bond donors (Lipinski definition) is 3. The molecule has 0 spiro atoms. The van der Waals surface area contributed by atoms with Crippen LogP contribution in [0, 0.1) is 0 Å². The molecule has 2 amide bonds. The highest BCUT2D eigenvalue weighted by molar-refractivity contribution is 6.07. The quantitative estimate of drug-likeness (QED) is 0.549. The number of fused-ring (bicyclic) bond motifs is 1. The van der Waals surface area contributed by atoms with Gasteiger partial charge in [0, 0.05) is 10.8 Å². The van der Waals surface area contributed by atoms with Crippen molar-refractivity contribution in [3.63, 3.8) is 0 Å². The van der Waals surface area contributed by atoms with Crippen LogP contribution >= 0.6 is 0 Å². The van der Waals surface area contributed by atoms with Gasteiger partial charge in [-0.1, -0.05) is 24.3 Å². The number of aromatic hydroxyl groups is 1. The number of phenols is 1. The van der Waals surface area contributed by atoms with Gasteiger partial charge in [-0.25, -0.2) is 4.79 Å². The average molecular weight is 376 g/mol. The van der Waals surface area contributed by atoms with Crippen molar-refractivity contribution in [2.45, 2.75) is 6.18 Å². The average Bonchev–Trinajstić information content (AvgIpc) is 2.63. The molecule has 0 aromatic heterocycles. The lowest BCUT2D eigenvalue weighted by atomic mass is 10.1. The van der Waals surface area contributed by atoms with Gasteiger partial charge in [0.1, 0.15) is 11.5 Å². The molecule has 0 saturated carbocycles. The van der Waals surface area contributed by atoms with Crippen LogP contribution in [0.4, 0.5) is 29.3 Å². The molecular weight excluding hydrogens is 361 g/mol. The van der Waals surface area contributed by atoms with Crippen LogP contribution in [0.1, 0.15) is 5.56 Å². The lowest BCUT2D eigenvalue weighted by molar-refractivity contribution is -0.137. The van der Waals surface area contributed by atoms with E-state index in [1.807, 2.05) is 0 Å². The molecule has 27 heavy (non-hydrogen) atoms. The number of carbonyl (C=O) groups excluding carboxylic acids is 1. The molecule has 3 rings (SSSR count). The zero-order valence-electron chi connectivity index (χ0n) is 14.1. The van der Waals surface area contributed by atoms with Gasteiger partial charge >= 0.3 is 12.2 Å². The Morgan fingerprint density at radius 3 is 2.30 bits per heavy atom. The van der Waals surface area contributed by atoms with Crippen LogP contribution < -0.4 is 15.4 Å². The number of rotatable bonds is 3. The van der Waals surface area contributed by atoms with Crippen LogP contribution in [0.5, 0.6) is 11.5 Å². The first kappa shape index (κ1) is 18.4. The highest BCUT2D eigenvalue weighted by Gasteiger charge is 2.31. The molecule has 0 bridgehead atoms. The molecular formula is C19H15F3N2O3. The van der Waals surface area contributed by atoms with Crippen LogP contribution in [0.15, 0.2) is 54.6 Å². The number of methoxy groups -OCH3 is 1. The van der Waals surface area contributed by atoms with Crippen LogP contribution in [0.3, 0.4) is 0 Å². The summed E-state index contributed by atoms with van der Waals surface area (Å²) >= 11 is 0.